The standard InChI is InChI=1S/C18H31N2O.BrH/c1-3-5-16-20(17-6-4-2)18(21)12-8-11-15-19-13-9-7-10-14-19;/h7,9-10,13-14H,3-6,8,11-12,15-17H2,1-2H3;1H/q+1;/p-1. The van der Waals surface area contributed by atoms with Crippen molar-refractivity contribution < 1.29 is 26.3 Å². The summed E-state index contributed by atoms with van der Waals surface area (Å²) in [5, 5.41) is 0. The second kappa shape index (κ2) is 13.7. The van der Waals surface area contributed by atoms with Crippen molar-refractivity contribution in [2.24, 2.45) is 0 Å². The number of aryl methyl sites for hydroxylation is 1. The third-order valence-corrected chi connectivity index (χ3v) is 3.75. The predicted octanol–water partition coefficient (Wildman–Crippen LogP) is 0.577. The van der Waals surface area contributed by atoms with Crippen LogP contribution < -0.4 is 21.5 Å². The highest BCUT2D eigenvalue weighted by Crippen LogP contribution is 2.05. The maximum atomic E-state index is 12.3. The number of hydrogen-bond acceptors (Lipinski definition) is 1. The van der Waals surface area contributed by atoms with Crippen molar-refractivity contribution >= 4 is 5.91 Å². The number of nitrogens with zero attached hydrogens (tertiary/aromatic N) is 2. The van der Waals surface area contributed by atoms with Crippen LogP contribution in [0.4, 0.5) is 0 Å². The lowest BCUT2D eigenvalue weighted by Gasteiger charge is -2.22. The van der Waals surface area contributed by atoms with Crippen molar-refractivity contribution in [3.05, 3.63) is 30.6 Å². The summed E-state index contributed by atoms with van der Waals surface area (Å²) in [6, 6.07) is 6.12. The zero-order valence-electron chi connectivity index (χ0n) is 14.1. The van der Waals surface area contributed by atoms with Crippen molar-refractivity contribution in [2.75, 3.05) is 13.1 Å². The van der Waals surface area contributed by atoms with E-state index in [1.165, 1.54) is 0 Å². The molecule has 0 saturated carbocycles. The van der Waals surface area contributed by atoms with E-state index in [0.29, 0.717) is 12.3 Å². The molecule has 1 aromatic rings. The fourth-order valence-electron chi connectivity index (χ4n) is 2.37. The van der Waals surface area contributed by atoms with Crippen LogP contribution >= 0.6 is 0 Å². The van der Waals surface area contributed by atoms with Gasteiger partial charge in [-0.2, -0.15) is 0 Å². The minimum atomic E-state index is 0. The van der Waals surface area contributed by atoms with Gasteiger partial charge in [0.2, 0.25) is 5.91 Å². The lowest BCUT2D eigenvalue weighted by atomic mass is 10.2. The van der Waals surface area contributed by atoms with Gasteiger partial charge in [-0.3, -0.25) is 4.79 Å². The van der Waals surface area contributed by atoms with Crippen LogP contribution in [0.3, 0.4) is 0 Å². The molecule has 22 heavy (non-hydrogen) atoms. The Bertz CT molecular complexity index is 376. The van der Waals surface area contributed by atoms with Crippen LogP contribution in [0.25, 0.3) is 0 Å². The van der Waals surface area contributed by atoms with Gasteiger partial charge in [0.15, 0.2) is 12.4 Å². The number of halogens is 1. The van der Waals surface area contributed by atoms with Gasteiger partial charge in [0.05, 0.1) is 0 Å². The van der Waals surface area contributed by atoms with E-state index < -0.39 is 0 Å². The lowest BCUT2D eigenvalue weighted by Crippen LogP contribution is -3.00. The number of unbranched alkanes of at least 4 members (excludes halogenated alkanes) is 3. The van der Waals surface area contributed by atoms with Gasteiger partial charge < -0.3 is 21.9 Å². The highest BCUT2D eigenvalue weighted by atomic mass is 79.9. The average molecular weight is 371 g/mol. The molecule has 4 heteroatoms. The highest BCUT2D eigenvalue weighted by Gasteiger charge is 2.12. The van der Waals surface area contributed by atoms with E-state index >= 15 is 0 Å². The van der Waals surface area contributed by atoms with Gasteiger partial charge in [-0.05, 0) is 19.3 Å². The Morgan fingerprint density at radius 2 is 1.50 bits per heavy atom. The van der Waals surface area contributed by atoms with E-state index in [1.54, 1.807) is 0 Å². The lowest BCUT2D eigenvalue weighted by molar-refractivity contribution is -0.697. The minimum absolute atomic E-state index is 0. The second-order valence-electron chi connectivity index (χ2n) is 5.66. The van der Waals surface area contributed by atoms with E-state index in [0.717, 1.165) is 58.2 Å². The van der Waals surface area contributed by atoms with Gasteiger partial charge in [0.25, 0.3) is 0 Å². The molecule has 0 fully saturated rings. The number of hydrogen-bond donors (Lipinski definition) is 0. The molecule has 0 spiro atoms. The fraction of sp³-hybridized carbons (Fsp3) is 0.667. The van der Waals surface area contributed by atoms with Crippen molar-refractivity contribution in [2.45, 2.75) is 65.3 Å². The Hall–Kier alpha value is -0.900. The van der Waals surface area contributed by atoms with Crippen molar-refractivity contribution in [3.63, 3.8) is 0 Å². The molecule has 0 N–H and O–H groups in total. The molecule has 0 unspecified atom stereocenters. The summed E-state index contributed by atoms with van der Waals surface area (Å²) in [5.41, 5.74) is 0. The summed E-state index contributed by atoms with van der Waals surface area (Å²) < 4.78 is 2.18. The molecule has 0 aliphatic rings. The molecular formula is C18H31BrN2O. The number of pyridine rings is 1. The minimum Gasteiger partial charge on any atom is -1.00 e. The zero-order chi connectivity index (χ0) is 15.3. The van der Waals surface area contributed by atoms with E-state index in [-0.39, 0.29) is 17.0 Å². The van der Waals surface area contributed by atoms with Crippen LogP contribution in [0.15, 0.2) is 30.6 Å². The zero-order valence-corrected chi connectivity index (χ0v) is 15.7. The molecule has 0 atom stereocenters. The Kier molecular flexibility index (Phi) is 13.2. The fourth-order valence-corrected chi connectivity index (χ4v) is 2.37. The van der Waals surface area contributed by atoms with E-state index in [9.17, 15) is 4.79 Å². The smallest absolute Gasteiger partial charge is 0.222 e. The highest BCUT2D eigenvalue weighted by molar-refractivity contribution is 5.76. The number of amides is 1. The van der Waals surface area contributed by atoms with Gasteiger partial charge in [0, 0.05) is 38.1 Å². The van der Waals surface area contributed by atoms with Gasteiger partial charge >= 0.3 is 0 Å². The molecule has 1 heterocycles. The molecule has 1 amide bonds. The number of rotatable bonds is 11. The van der Waals surface area contributed by atoms with Crippen LogP contribution in [0.5, 0.6) is 0 Å². The first-order valence-corrected chi connectivity index (χ1v) is 8.49. The normalized spacial score (nSPS) is 10.1. The molecule has 126 valence electrons. The molecule has 0 bridgehead atoms. The summed E-state index contributed by atoms with van der Waals surface area (Å²) in [7, 11) is 0. The summed E-state index contributed by atoms with van der Waals surface area (Å²) in [5.74, 6) is 0.343. The van der Waals surface area contributed by atoms with Crippen LogP contribution in [-0.4, -0.2) is 23.9 Å². The molecular weight excluding hydrogens is 340 g/mol. The van der Waals surface area contributed by atoms with Gasteiger partial charge in [-0.25, -0.2) is 4.57 Å². The molecule has 3 nitrogen and oxygen atoms in total. The van der Waals surface area contributed by atoms with E-state index in [1.807, 2.05) is 18.2 Å². The van der Waals surface area contributed by atoms with Gasteiger partial charge in [-0.1, -0.05) is 32.8 Å². The molecule has 0 aromatic carbocycles. The molecule has 0 aliphatic heterocycles. The van der Waals surface area contributed by atoms with E-state index in [2.05, 4.69) is 35.7 Å². The molecule has 0 aliphatic carbocycles. The Balaban J connectivity index is 0.00000441. The van der Waals surface area contributed by atoms with Crippen molar-refractivity contribution in [3.8, 4) is 0 Å². The molecule has 1 aromatic heterocycles. The largest absolute Gasteiger partial charge is 1.00 e. The van der Waals surface area contributed by atoms with Crippen LogP contribution in [0, 0.1) is 0 Å². The Labute approximate surface area is 146 Å². The quantitative estimate of drug-likeness (QED) is 0.413. The van der Waals surface area contributed by atoms with Crippen LogP contribution in [-0.2, 0) is 11.3 Å². The Morgan fingerprint density at radius 3 is 2.05 bits per heavy atom. The first-order valence-electron chi connectivity index (χ1n) is 8.49. The van der Waals surface area contributed by atoms with Crippen LogP contribution in [0.1, 0.15) is 58.8 Å². The summed E-state index contributed by atoms with van der Waals surface area (Å²) >= 11 is 0. The molecule has 0 saturated heterocycles. The maximum Gasteiger partial charge on any atom is 0.222 e. The summed E-state index contributed by atoms with van der Waals surface area (Å²) in [6.45, 7) is 7.22. The third kappa shape index (κ3) is 9.19. The third-order valence-electron chi connectivity index (χ3n) is 3.75. The van der Waals surface area contributed by atoms with Crippen molar-refractivity contribution in [1.29, 1.82) is 0 Å². The summed E-state index contributed by atoms with van der Waals surface area (Å²) in [4.78, 5) is 14.4. The number of carbonyl (C=O) groups is 1. The average Bonchev–Trinajstić information content (AvgIpc) is 2.52. The molecule has 1 rings (SSSR count). The monoisotopic (exact) mass is 370 g/mol. The maximum absolute atomic E-state index is 12.3. The van der Waals surface area contributed by atoms with Gasteiger partial charge in [-0.15, -0.1) is 0 Å². The number of aromatic nitrogens is 1. The predicted molar refractivity (Wildman–Crippen MR) is 86.9 cm³/mol. The van der Waals surface area contributed by atoms with Crippen LogP contribution in [0.2, 0.25) is 0 Å². The summed E-state index contributed by atoms with van der Waals surface area (Å²) in [6.07, 6.45) is 11.4. The topological polar surface area (TPSA) is 24.2 Å². The molecule has 0 radical (unpaired) electrons. The van der Waals surface area contributed by atoms with Crippen molar-refractivity contribution in [1.82, 2.24) is 4.90 Å². The SMILES string of the molecule is CCCCN(CCCC)C(=O)CCCC[n+]1ccccc1.[Br-]. The second-order valence-corrected chi connectivity index (χ2v) is 5.66. The first-order chi connectivity index (χ1) is 10.3. The van der Waals surface area contributed by atoms with Gasteiger partial charge in [0.1, 0.15) is 6.54 Å². The van der Waals surface area contributed by atoms with E-state index in [4.69, 9.17) is 0 Å². The first kappa shape index (κ1) is 21.1. The Morgan fingerprint density at radius 1 is 0.909 bits per heavy atom. The number of carbonyl (C=O) groups excluding carboxylic acids is 1.